The molecule has 33 heavy (non-hydrogen) atoms. The van der Waals surface area contributed by atoms with E-state index in [9.17, 15) is 9.59 Å². The second-order valence-corrected chi connectivity index (χ2v) is 8.08. The number of nitrogens with one attached hydrogen (secondary N) is 2. The predicted molar refractivity (Wildman–Crippen MR) is 132 cm³/mol. The fourth-order valence-electron chi connectivity index (χ4n) is 3.84. The maximum absolute atomic E-state index is 12.3. The normalized spacial score (nSPS) is 10.8. The van der Waals surface area contributed by atoms with Crippen LogP contribution in [-0.2, 0) is 0 Å². The Morgan fingerprint density at radius 1 is 1.00 bits per heavy atom. The summed E-state index contributed by atoms with van der Waals surface area (Å²) in [6.07, 6.45) is 3.36. The van der Waals surface area contributed by atoms with E-state index in [2.05, 4.69) is 15.3 Å². The van der Waals surface area contributed by atoms with E-state index in [1.807, 2.05) is 61.5 Å². The van der Waals surface area contributed by atoms with Gasteiger partial charge in [0.25, 0.3) is 11.8 Å². The lowest BCUT2D eigenvalue weighted by Crippen LogP contribution is -2.22. The number of pyridine rings is 1. The number of nitrogens with two attached hydrogens (primary N) is 1. The van der Waals surface area contributed by atoms with Crippen molar-refractivity contribution in [1.29, 1.82) is 0 Å². The minimum absolute atomic E-state index is 0.0502. The molecule has 2 amide bonds. The number of anilines is 4. The Hall–Kier alpha value is -4.33. The molecule has 2 aromatic heterocycles. The van der Waals surface area contributed by atoms with Crippen molar-refractivity contribution in [3.8, 4) is 0 Å². The number of primary amides is 1. The van der Waals surface area contributed by atoms with Gasteiger partial charge in [0.1, 0.15) is 5.82 Å². The molecule has 4 rings (SSSR count). The van der Waals surface area contributed by atoms with Crippen molar-refractivity contribution in [3.05, 3.63) is 77.6 Å². The van der Waals surface area contributed by atoms with Crippen molar-refractivity contribution in [1.82, 2.24) is 14.9 Å². The highest BCUT2D eigenvalue weighted by Crippen LogP contribution is 2.34. The molecule has 8 nitrogen and oxygen atoms in total. The number of H-pyrrole nitrogens is 1. The fourth-order valence-corrected chi connectivity index (χ4v) is 3.84. The Morgan fingerprint density at radius 2 is 1.79 bits per heavy atom. The van der Waals surface area contributed by atoms with Crippen LogP contribution in [0, 0.1) is 6.92 Å². The van der Waals surface area contributed by atoms with Gasteiger partial charge in [-0.2, -0.15) is 0 Å². The maximum atomic E-state index is 12.3. The van der Waals surface area contributed by atoms with Gasteiger partial charge in [-0.1, -0.05) is 6.07 Å². The molecule has 0 atom stereocenters. The number of fused-ring (bicyclic) bond motifs is 1. The predicted octanol–water partition coefficient (Wildman–Crippen LogP) is 4.18. The molecular weight excluding hydrogens is 416 g/mol. The summed E-state index contributed by atoms with van der Waals surface area (Å²) in [4.78, 5) is 35.5. The van der Waals surface area contributed by atoms with Gasteiger partial charge < -0.3 is 25.8 Å². The van der Waals surface area contributed by atoms with Crippen LogP contribution in [0.25, 0.3) is 10.9 Å². The van der Waals surface area contributed by atoms with E-state index in [4.69, 9.17) is 5.73 Å². The summed E-state index contributed by atoms with van der Waals surface area (Å²) in [5, 5.41) is 4.29. The summed E-state index contributed by atoms with van der Waals surface area (Å²) in [7, 11) is 5.34. The second kappa shape index (κ2) is 8.66. The Morgan fingerprint density at radius 3 is 2.48 bits per heavy atom. The molecule has 4 aromatic rings. The summed E-state index contributed by atoms with van der Waals surface area (Å²) in [6, 6.07) is 15.2. The van der Waals surface area contributed by atoms with Gasteiger partial charge in [-0.25, -0.2) is 4.98 Å². The number of rotatable bonds is 6. The van der Waals surface area contributed by atoms with E-state index in [1.165, 1.54) is 6.20 Å². The number of amides is 2. The molecule has 0 unspecified atom stereocenters. The number of carbonyl (C=O) groups is 2. The Bertz CT molecular complexity index is 1360. The van der Waals surface area contributed by atoms with Crippen molar-refractivity contribution < 1.29 is 9.59 Å². The lowest BCUT2D eigenvalue weighted by molar-refractivity contribution is 0.0826. The van der Waals surface area contributed by atoms with Gasteiger partial charge in [0, 0.05) is 61.8 Å². The molecule has 0 aliphatic heterocycles. The molecular formula is C25H26N6O2. The molecule has 0 saturated carbocycles. The SMILES string of the molecule is Cc1cc(Nc2cc(N(C)c3cccc4[nH]ccc34)c(C(N)=O)cn2)ccc1C(=O)N(C)C. The van der Waals surface area contributed by atoms with Crippen LogP contribution in [0.1, 0.15) is 26.3 Å². The van der Waals surface area contributed by atoms with Crippen LogP contribution in [0.4, 0.5) is 22.9 Å². The van der Waals surface area contributed by atoms with Gasteiger partial charge in [0.15, 0.2) is 0 Å². The molecule has 168 valence electrons. The van der Waals surface area contributed by atoms with Crippen molar-refractivity contribution in [2.45, 2.75) is 6.92 Å². The first-order chi connectivity index (χ1) is 15.8. The third kappa shape index (κ3) is 4.23. The largest absolute Gasteiger partial charge is 0.365 e. The minimum Gasteiger partial charge on any atom is -0.365 e. The minimum atomic E-state index is -0.556. The van der Waals surface area contributed by atoms with Gasteiger partial charge in [-0.3, -0.25) is 9.59 Å². The summed E-state index contributed by atoms with van der Waals surface area (Å²) in [5.41, 5.74) is 10.8. The smallest absolute Gasteiger partial charge is 0.253 e. The van der Waals surface area contributed by atoms with Crippen LogP contribution in [-0.4, -0.2) is 47.8 Å². The molecule has 0 aliphatic rings. The molecule has 0 spiro atoms. The zero-order valence-electron chi connectivity index (χ0n) is 19.0. The maximum Gasteiger partial charge on any atom is 0.253 e. The Balaban J connectivity index is 1.70. The van der Waals surface area contributed by atoms with Crippen LogP contribution in [0.3, 0.4) is 0 Å². The standard InChI is InChI=1S/C25H26N6O2/c1-15-12-16(8-9-17(15)25(33)30(2)3)29-23-13-22(19(14-28-23)24(26)32)31(4)21-7-5-6-20-18(21)10-11-27-20/h5-14,27H,1-4H3,(H2,26,32)(H,28,29). The number of benzene rings is 2. The average Bonchev–Trinajstić information content (AvgIpc) is 3.27. The van der Waals surface area contributed by atoms with E-state index in [1.54, 1.807) is 31.1 Å². The summed E-state index contributed by atoms with van der Waals surface area (Å²) in [6.45, 7) is 1.89. The number of nitrogens with zero attached hydrogens (tertiary/aromatic N) is 3. The van der Waals surface area contributed by atoms with E-state index in [0.29, 0.717) is 22.6 Å². The van der Waals surface area contributed by atoms with E-state index >= 15 is 0 Å². The molecule has 2 heterocycles. The van der Waals surface area contributed by atoms with E-state index in [-0.39, 0.29) is 5.91 Å². The fraction of sp³-hybridized carbons (Fsp3) is 0.160. The van der Waals surface area contributed by atoms with Crippen molar-refractivity contribution in [2.24, 2.45) is 5.73 Å². The molecule has 0 radical (unpaired) electrons. The van der Waals surface area contributed by atoms with Crippen LogP contribution in [0.15, 0.2) is 60.9 Å². The zero-order chi connectivity index (χ0) is 23.7. The van der Waals surface area contributed by atoms with E-state index in [0.717, 1.165) is 27.8 Å². The lowest BCUT2D eigenvalue weighted by atomic mass is 10.1. The van der Waals surface area contributed by atoms with E-state index < -0.39 is 5.91 Å². The molecule has 0 fully saturated rings. The first-order valence-corrected chi connectivity index (χ1v) is 10.4. The zero-order valence-corrected chi connectivity index (χ0v) is 19.0. The Labute approximate surface area is 192 Å². The third-order valence-corrected chi connectivity index (χ3v) is 5.58. The molecule has 2 aromatic carbocycles. The van der Waals surface area contributed by atoms with Crippen molar-refractivity contribution in [2.75, 3.05) is 31.4 Å². The van der Waals surface area contributed by atoms with Gasteiger partial charge >= 0.3 is 0 Å². The number of aryl methyl sites for hydroxylation is 1. The quantitative estimate of drug-likeness (QED) is 0.415. The Kier molecular flexibility index (Phi) is 5.74. The van der Waals surface area contributed by atoms with Crippen LogP contribution in [0.5, 0.6) is 0 Å². The third-order valence-electron chi connectivity index (χ3n) is 5.58. The molecule has 8 heteroatoms. The number of aromatic nitrogens is 2. The van der Waals surface area contributed by atoms with Crippen LogP contribution >= 0.6 is 0 Å². The second-order valence-electron chi connectivity index (χ2n) is 8.08. The topological polar surface area (TPSA) is 107 Å². The van der Waals surface area contributed by atoms with Gasteiger partial charge in [0.05, 0.1) is 16.9 Å². The van der Waals surface area contributed by atoms with Gasteiger partial charge in [-0.05, 0) is 48.9 Å². The molecule has 0 saturated heterocycles. The van der Waals surface area contributed by atoms with Crippen molar-refractivity contribution >= 4 is 45.6 Å². The first-order valence-electron chi connectivity index (χ1n) is 10.4. The summed E-state index contributed by atoms with van der Waals surface area (Å²) < 4.78 is 0. The number of aromatic amines is 1. The summed E-state index contributed by atoms with van der Waals surface area (Å²) >= 11 is 0. The monoisotopic (exact) mass is 442 g/mol. The van der Waals surface area contributed by atoms with Gasteiger partial charge in [0.2, 0.25) is 0 Å². The molecule has 4 N–H and O–H groups in total. The highest BCUT2D eigenvalue weighted by molar-refractivity contribution is 6.02. The first kappa shape index (κ1) is 21.9. The van der Waals surface area contributed by atoms with Crippen molar-refractivity contribution in [3.63, 3.8) is 0 Å². The highest BCUT2D eigenvalue weighted by Gasteiger charge is 2.18. The average molecular weight is 443 g/mol. The van der Waals surface area contributed by atoms with Crippen LogP contribution in [0.2, 0.25) is 0 Å². The van der Waals surface area contributed by atoms with Gasteiger partial charge in [-0.15, -0.1) is 0 Å². The number of carbonyl (C=O) groups excluding carboxylic acids is 2. The summed E-state index contributed by atoms with van der Waals surface area (Å²) in [5.74, 6) is -0.0560. The number of hydrogen-bond acceptors (Lipinski definition) is 5. The van der Waals surface area contributed by atoms with Crippen LogP contribution < -0.4 is 16.0 Å². The molecule has 0 bridgehead atoms. The number of hydrogen-bond donors (Lipinski definition) is 3. The highest BCUT2D eigenvalue weighted by atomic mass is 16.2. The molecule has 0 aliphatic carbocycles. The lowest BCUT2D eigenvalue weighted by Gasteiger charge is -2.23.